The second-order valence-corrected chi connectivity index (χ2v) is 4.40. The number of hydrogen-bond donors (Lipinski definition) is 1. The fraction of sp³-hybridized carbons (Fsp3) is 0.364. The fourth-order valence-corrected chi connectivity index (χ4v) is 2.21. The van der Waals surface area contributed by atoms with Gasteiger partial charge in [0.05, 0.1) is 6.61 Å². The number of ether oxygens (including phenoxy) is 1. The summed E-state index contributed by atoms with van der Waals surface area (Å²) in [5.74, 6) is 0.319. The van der Waals surface area contributed by atoms with Crippen LogP contribution in [0, 0.1) is 0 Å². The first kappa shape index (κ1) is 10.4. The molecule has 0 radical (unpaired) electrons. The van der Waals surface area contributed by atoms with E-state index >= 15 is 0 Å². The number of rotatable bonds is 3. The van der Waals surface area contributed by atoms with E-state index < -0.39 is 6.04 Å². The highest BCUT2D eigenvalue weighted by molar-refractivity contribution is 7.10. The summed E-state index contributed by atoms with van der Waals surface area (Å²) in [6.45, 7) is 0.620. The Morgan fingerprint density at radius 2 is 2.47 bits per heavy atom. The van der Waals surface area contributed by atoms with Crippen molar-refractivity contribution in [3.8, 4) is 0 Å². The van der Waals surface area contributed by atoms with Crippen LogP contribution in [0.5, 0.6) is 0 Å². The molecule has 1 aromatic heterocycles. The molecular weight excluding hydrogens is 210 g/mol. The molecule has 80 valence electrons. The lowest BCUT2D eigenvalue weighted by molar-refractivity contribution is -0.120. The molecule has 4 heteroatoms. The standard InChI is InChI=1S/C11H13NO2S/c12-10(9-5-3-7-15-9)11(13)8-4-1-2-6-14-8/h3-5,7,10H,1-2,6,12H2. The van der Waals surface area contributed by atoms with Crippen LogP contribution in [0.25, 0.3) is 0 Å². The average Bonchev–Trinajstić information content (AvgIpc) is 2.82. The fourth-order valence-electron chi connectivity index (χ4n) is 1.48. The number of allylic oxidation sites excluding steroid dienone is 1. The second kappa shape index (κ2) is 4.59. The Balaban J connectivity index is 2.10. The van der Waals surface area contributed by atoms with E-state index in [1.807, 2.05) is 23.6 Å². The minimum absolute atomic E-state index is 0.114. The smallest absolute Gasteiger partial charge is 0.218 e. The molecule has 1 aromatic rings. The Morgan fingerprint density at radius 1 is 1.60 bits per heavy atom. The van der Waals surface area contributed by atoms with Crippen molar-refractivity contribution in [3.63, 3.8) is 0 Å². The molecule has 0 saturated carbocycles. The zero-order valence-electron chi connectivity index (χ0n) is 8.31. The van der Waals surface area contributed by atoms with Crippen LogP contribution in [-0.4, -0.2) is 12.4 Å². The predicted molar refractivity (Wildman–Crippen MR) is 59.5 cm³/mol. The van der Waals surface area contributed by atoms with E-state index in [4.69, 9.17) is 10.5 Å². The van der Waals surface area contributed by atoms with Gasteiger partial charge in [-0.2, -0.15) is 0 Å². The third-order valence-electron chi connectivity index (χ3n) is 2.31. The van der Waals surface area contributed by atoms with Gasteiger partial charge < -0.3 is 10.5 Å². The van der Waals surface area contributed by atoms with Crippen LogP contribution >= 0.6 is 11.3 Å². The van der Waals surface area contributed by atoms with Crippen LogP contribution in [0.1, 0.15) is 23.8 Å². The Hall–Kier alpha value is -1.13. The summed E-state index contributed by atoms with van der Waals surface area (Å²) in [6, 6.07) is 3.19. The van der Waals surface area contributed by atoms with Crippen molar-refractivity contribution in [1.82, 2.24) is 0 Å². The maximum Gasteiger partial charge on any atom is 0.218 e. The molecule has 0 saturated heterocycles. The molecule has 1 aliphatic heterocycles. The number of hydrogen-bond acceptors (Lipinski definition) is 4. The van der Waals surface area contributed by atoms with E-state index in [2.05, 4.69) is 0 Å². The van der Waals surface area contributed by atoms with Crippen molar-refractivity contribution in [2.24, 2.45) is 5.73 Å². The topological polar surface area (TPSA) is 52.3 Å². The number of nitrogens with two attached hydrogens (primary N) is 1. The van der Waals surface area contributed by atoms with Crippen molar-refractivity contribution >= 4 is 17.1 Å². The summed E-state index contributed by atoms with van der Waals surface area (Å²) in [7, 11) is 0. The largest absolute Gasteiger partial charge is 0.490 e. The number of carbonyl (C=O) groups is 1. The molecule has 0 bridgehead atoms. The van der Waals surface area contributed by atoms with Crippen LogP contribution in [0.4, 0.5) is 0 Å². The lowest BCUT2D eigenvalue weighted by Crippen LogP contribution is -2.24. The van der Waals surface area contributed by atoms with Crippen LogP contribution in [-0.2, 0) is 9.53 Å². The van der Waals surface area contributed by atoms with E-state index in [1.54, 1.807) is 0 Å². The van der Waals surface area contributed by atoms with Crippen LogP contribution in [0.2, 0.25) is 0 Å². The highest BCUT2D eigenvalue weighted by atomic mass is 32.1. The number of thiophene rings is 1. The quantitative estimate of drug-likeness (QED) is 0.852. The van der Waals surface area contributed by atoms with Gasteiger partial charge in [0.15, 0.2) is 5.76 Å². The molecule has 3 nitrogen and oxygen atoms in total. The first-order valence-corrected chi connectivity index (χ1v) is 5.83. The first-order chi connectivity index (χ1) is 7.29. The Labute approximate surface area is 92.5 Å². The van der Waals surface area contributed by atoms with E-state index in [0.29, 0.717) is 12.4 Å². The van der Waals surface area contributed by atoms with Gasteiger partial charge in [0.2, 0.25) is 5.78 Å². The molecule has 2 rings (SSSR count). The molecule has 0 amide bonds. The van der Waals surface area contributed by atoms with Crippen molar-refractivity contribution in [1.29, 1.82) is 0 Å². The summed E-state index contributed by atoms with van der Waals surface area (Å²) in [6.07, 6.45) is 3.71. The van der Waals surface area contributed by atoms with Gasteiger partial charge in [-0.1, -0.05) is 6.07 Å². The molecule has 2 N–H and O–H groups in total. The third kappa shape index (κ3) is 2.27. The summed E-state index contributed by atoms with van der Waals surface area (Å²) >= 11 is 1.49. The first-order valence-electron chi connectivity index (χ1n) is 4.95. The van der Waals surface area contributed by atoms with Crippen LogP contribution in [0.3, 0.4) is 0 Å². The number of ketones is 1. The van der Waals surface area contributed by atoms with Gasteiger partial charge in [0.25, 0.3) is 0 Å². The molecule has 0 fully saturated rings. The predicted octanol–water partition coefficient (Wildman–Crippen LogP) is 2.01. The summed E-state index contributed by atoms with van der Waals surface area (Å²) in [4.78, 5) is 12.8. The molecule has 0 spiro atoms. The minimum Gasteiger partial charge on any atom is -0.490 e. The Bertz CT molecular complexity index is 370. The van der Waals surface area contributed by atoms with Crippen molar-refractivity contribution in [3.05, 3.63) is 34.2 Å². The second-order valence-electron chi connectivity index (χ2n) is 3.42. The normalized spacial score (nSPS) is 17.8. The summed E-state index contributed by atoms with van der Waals surface area (Å²) in [5.41, 5.74) is 5.85. The molecular formula is C11H13NO2S. The highest BCUT2D eigenvalue weighted by Gasteiger charge is 2.23. The van der Waals surface area contributed by atoms with Gasteiger partial charge in [0.1, 0.15) is 6.04 Å². The molecule has 1 unspecified atom stereocenters. The zero-order valence-corrected chi connectivity index (χ0v) is 9.13. The van der Waals surface area contributed by atoms with Gasteiger partial charge in [-0.15, -0.1) is 11.3 Å². The zero-order chi connectivity index (χ0) is 10.7. The molecule has 0 aromatic carbocycles. The van der Waals surface area contributed by atoms with Crippen molar-refractivity contribution in [2.45, 2.75) is 18.9 Å². The van der Waals surface area contributed by atoms with Crippen LogP contribution < -0.4 is 5.73 Å². The summed E-state index contributed by atoms with van der Waals surface area (Å²) < 4.78 is 5.30. The van der Waals surface area contributed by atoms with Gasteiger partial charge in [-0.3, -0.25) is 4.79 Å². The van der Waals surface area contributed by atoms with Gasteiger partial charge in [-0.05, 0) is 30.4 Å². The van der Waals surface area contributed by atoms with E-state index in [1.165, 1.54) is 11.3 Å². The number of Topliss-reactive ketones (excluding diaryl/α,β-unsaturated/α-hetero) is 1. The molecule has 1 aliphatic rings. The molecule has 2 heterocycles. The summed E-state index contributed by atoms with van der Waals surface area (Å²) in [5, 5.41) is 1.92. The maximum absolute atomic E-state index is 11.9. The SMILES string of the molecule is NC(C(=O)C1=CCCCO1)c1cccs1. The van der Waals surface area contributed by atoms with Gasteiger partial charge in [0, 0.05) is 4.88 Å². The van der Waals surface area contributed by atoms with Crippen molar-refractivity contribution < 1.29 is 9.53 Å². The Morgan fingerprint density at radius 3 is 3.07 bits per heavy atom. The van der Waals surface area contributed by atoms with Gasteiger partial charge in [-0.25, -0.2) is 0 Å². The Kier molecular flexibility index (Phi) is 3.18. The van der Waals surface area contributed by atoms with E-state index in [-0.39, 0.29) is 5.78 Å². The minimum atomic E-state index is -0.575. The van der Waals surface area contributed by atoms with Gasteiger partial charge >= 0.3 is 0 Å². The number of carbonyl (C=O) groups excluding carboxylic acids is 1. The molecule has 0 aliphatic carbocycles. The highest BCUT2D eigenvalue weighted by Crippen LogP contribution is 2.22. The van der Waals surface area contributed by atoms with E-state index in [0.717, 1.165) is 17.7 Å². The lowest BCUT2D eigenvalue weighted by Gasteiger charge is -2.16. The third-order valence-corrected chi connectivity index (χ3v) is 3.27. The van der Waals surface area contributed by atoms with E-state index in [9.17, 15) is 4.79 Å². The lowest BCUT2D eigenvalue weighted by atomic mass is 10.1. The molecule has 1 atom stereocenters. The van der Waals surface area contributed by atoms with Crippen molar-refractivity contribution in [2.75, 3.05) is 6.61 Å². The van der Waals surface area contributed by atoms with Crippen LogP contribution in [0.15, 0.2) is 29.3 Å². The monoisotopic (exact) mass is 223 g/mol. The molecule has 15 heavy (non-hydrogen) atoms. The maximum atomic E-state index is 11.9. The average molecular weight is 223 g/mol.